The minimum absolute atomic E-state index is 0.204. The van der Waals surface area contributed by atoms with Gasteiger partial charge in [-0.05, 0) is 6.92 Å². The molecule has 0 fully saturated rings. The van der Waals surface area contributed by atoms with Gasteiger partial charge in [-0.2, -0.15) is 5.10 Å². The van der Waals surface area contributed by atoms with Crippen molar-refractivity contribution >= 4 is 5.95 Å². The quantitative estimate of drug-likeness (QED) is 0.769. The van der Waals surface area contributed by atoms with Crippen LogP contribution in [-0.4, -0.2) is 19.7 Å². The van der Waals surface area contributed by atoms with E-state index in [1.807, 2.05) is 24.0 Å². The predicted molar refractivity (Wildman–Crippen MR) is 53.8 cm³/mol. The Morgan fingerprint density at radius 2 is 2.43 bits per heavy atom. The Kier molecular flexibility index (Phi) is 2.22. The summed E-state index contributed by atoms with van der Waals surface area (Å²) in [6.45, 7) is 2.07. The lowest BCUT2D eigenvalue weighted by Crippen LogP contribution is -2.09. The minimum Gasteiger partial charge on any atom is -0.349 e. The molecule has 74 valence electrons. The zero-order valence-corrected chi connectivity index (χ0v) is 8.23. The van der Waals surface area contributed by atoms with Crippen LogP contribution in [0.4, 0.5) is 5.95 Å². The summed E-state index contributed by atoms with van der Waals surface area (Å²) in [6.07, 6.45) is 7.36. The molecule has 0 aliphatic carbocycles. The molecule has 2 N–H and O–H groups in total. The van der Waals surface area contributed by atoms with Crippen molar-refractivity contribution in [2.75, 3.05) is 5.32 Å². The molecule has 14 heavy (non-hydrogen) atoms. The zero-order chi connectivity index (χ0) is 9.97. The largest absolute Gasteiger partial charge is 0.349 e. The van der Waals surface area contributed by atoms with Crippen molar-refractivity contribution in [2.45, 2.75) is 13.0 Å². The normalized spacial score (nSPS) is 12.7. The third-order valence-corrected chi connectivity index (χ3v) is 2.19. The smallest absolute Gasteiger partial charge is 0.202 e. The average molecular weight is 191 g/mol. The highest BCUT2D eigenvalue weighted by Gasteiger charge is 2.07. The first-order valence-electron chi connectivity index (χ1n) is 4.50. The molecule has 0 aliphatic rings. The van der Waals surface area contributed by atoms with Crippen LogP contribution in [0.5, 0.6) is 0 Å². The summed E-state index contributed by atoms with van der Waals surface area (Å²) in [5.41, 5.74) is 1.12. The molecule has 5 nitrogen and oxygen atoms in total. The van der Waals surface area contributed by atoms with Crippen LogP contribution in [0.25, 0.3) is 0 Å². The van der Waals surface area contributed by atoms with Crippen LogP contribution in [0.15, 0.2) is 24.8 Å². The molecule has 0 amide bonds. The highest BCUT2D eigenvalue weighted by molar-refractivity contribution is 5.30. The van der Waals surface area contributed by atoms with Gasteiger partial charge in [0.05, 0.1) is 12.2 Å². The minimum atomic E-state index is 0.204. The van der Waals surface area contributed by atoms with Gasteiger partial charge < -0.3 is 9.88 Å². The lowest BCUT2D eigenvalue weighted by atomic mass is 10.2. The van der Waals surface area contributed by atoms with Crippen LogP contribution < -0.4 is 5.32 Å². The highest BCUT2D eigenvalue weighted by atomic mass is 15.2. The van der Waals surface area contributed by atoms with Crippen molar-refractivity contribution < 1.29 is 0 Å². The Bertz CT molecular complexity index is 389. The summed E-state index contributed by atoms with van der Waals surface area (Å²) in [5.74, 6) is 0.860. The van der Waals surface area contributed by atoms with Gasteiger partial charge in [-0.1, -0.05) is 0 Å². The van der Waals surface area contributed by atoms with Crippen molar-refractivity contribution in [1.29, 1.82) is 0 Å². The van der Waals surface area contributed by atoms with E-state index in [1.54, 1.807) is 12.4 Å². The Hall–Kier alpha value is -1.78. The van der Waals surface area contributed by atoms with Crippen LogP contribution in [0.2, 0.25) is 0 Å². The summed E-state index contributed by atoms with van der Waals surface area (Å²) < 4.78 is 1.94. The topological polar surface area (TPSA) is 58.5 Å². The number of aromatic amines is 1. The molecule has 1 atom stereocenters. The zero-order valence-electron chi connectivity index (χ0n) is 8.23. The van der Waals surface area contributed by atoms with Crippen molar-refractivity contribution in [3.8, 4) is 0 Å². The molecule has 2 aromatic heterocycles. The molecule has 0 radical (unpaired) electrons. The van der Waals surface area contributed by atoms with E-state index >= 15 is 0 Å². The van der Waals surface area contributed by atoms with Gasteiger partial charge in [0.25, 0.3) is 0 Å². The van der Waals surface area contributed by atoms with Gasteiger partial charge in [0, 0.05) is 31.2 Å². The fourth-order valence-corrected chi connectivity index (χ4v) is 1.28. The van der Waals surface area contributed by atoms with Crippen LogP contribution in [0, 0.1) is 0 Å². The molecule has 2 rings (SSSR count). The second-order valence-corrected chi connectivity index (χ2v) is 3.26. The lowest BCUT2D eigenvalue weighted by molar-refractivity contribution is 0.823. The van der Waals surface area contributed by atoms with E-state index < -0.39 is 0 Å². The predicted octanol–water partition coefficient (Wildman–Crippen LogP) is 1.32. The number of H-pyrrole nitrogens is 1. The number of hydrogen-bond donors (Lipinski definition) is 2. The van der Waals surface area contributed by atoms with E-state index in [0.29, 0.717) is 0 Å². The van der Waals surface area contributed by atoms with Gasteiger partial charge in [-0.3, -0.25) is 5.10 Å². The van der Waals surface area contributed by atoms with Gasteiger partial charge in [-0.25, -0.2) is 4.98 Å². The molecule has 0 saturated carbocycles. The second-order valence-electron chi connectivity index (χ2n) is 3.26. The number of aromatic nitrogens is 4. The van der Waals surface area contributed by atoms with E-state index in [0.717, 1.165) is 11.5 Å². The van der Waals surface area contributed by atoms with Gasteiger partial charge in [-0.15, -0.1) is 0 Å². The second kappa shape index (κ2) is 3.53. The summed E-state index contributed by atoms with van der Waals surface area (Å²) >= 11 is 0. The number of rotatable bonds is 3. The Morgan fingerprint density at radius 3 is 3.00 bits per heavy atom. The van der Waals surface area contributed by atoms with Gasteiger partial charge in [0.1, 0.15) is 0 Å². The number of nitrogens with zero attached hydrogens (tertiary/aromatic N) is 3. The maximum Gasteiger partial charge on any atom is 0.202 e. The van der Waals surface area contributed by atoms with Gasteiger partial charge >= 0.3 is 0 Å². The van der Waals surface area contributed by atoms with E-state index in [2.05, 4.69) is 27.4 Å². The highest BCUT2D eigenvalue weighted by Crippen LogP contribution is 2.15. The maximum absolute atomic E-state index is 4.19. The first-order chi connectivity index (χ1) is 6.77. The van der Waals surface area contributed by atoms with E-state index in [1.165, 1.54) is 0 Å². The van der Waals surface area contributed by atoms with Crippen LogP contribution >= 0.6 is 0 Å². The SMILES string of the molecule is CC(Nc1nccn1C)c1cn[nH]c1. The average Bonchev–Trinajstić information content (AvgIpc) is 2.77. The monoisotopic (exact) mass is 191 g/mol. The number of nitrogens with one attached hydrogen (secondary N) is 2. The van der Waals surface area contributed by atoms with Crippen molar-refractivity contribution in [3.63, 3.8) is 0 Å². The maximum atomic E-state index is 4.19. The number of aryl methyl sites for hydroxylation is 1. The van der Waals surface area contributed by atoms with Crippen LogP contribution in [0.1, 0.15) is 18.5 Å². The fourth-order valence-electron chi connectivity index (χ4n) is 1.28. The first kappa shape index (κ1) is 8.80. The third kappa shape index (κ3) is 1.61. The van der Waals surface area contributed by atoms with Gasteiger partial charge in [0.15, 0.2) is 0 Å². The molecule has 5 heteroatoms. The van der Waals surface area contributed by atoms with E-state index in [-0.39, 0.29) is 6.04 Å². The molecular weight excluding hydrogens is 178 g/mol. The van der Waals surface area contributed by atoms with Gasteiger partial charge in [0.2, 0.25) is 5.95 Å². The summed E-state index contributed by atoms with van der Waals surface area (Å²) in [6, 6.07) is 0.204. The molecule has 0 aliphatic heterocycles. The van der Waals surface area contributed by atoms with Crippen LogP contribution in [-0.2, 0) is 7.05 Å². The van der Waals surface area contributed by atoms with E-state index in [4.69, 9.17) is 0 Å². The number of hydrogen-bond acceptors (Lipinski definition) is 3. The fraction of sp³-hybridized carbons (Fsp3) is 0.333. The van der Waals surface area contributed by atoms with Crippen molar-refractivity contribution in [3.05, 3.63) is 30.4 Å². The van der Waals surface area contributed by atoms with E-state index in [9.17, 15) is 0 Å². The molecule has 2 aromatic rings. The molecule has 2 heterocycles. The molecule has 0 saturated heterocycles. The Morgan fingerprint density at radius 1 is 1.57 bits per heavy atom. The van der Waals surface area contributed by atoms with Crippen LogP contribution in [0.3, 0.4) is 0 Å². The van der Waals surface area contributed by atoms with Crippen molar-refractivity contribution in [2.24, 2.45) is 7.05 Å². The summed E-state index contributed by atoms with van der Waals surface area (Å²) in [7, 11) is 1.96. The lowest BCUT2D eigenvalue weighted by Gasteiger charge is -2.12. The molecule has 0 spiro atoms. The standard InChI is InChI=1S/C9H13N5/c1-7(8-5-11-12-6-8)13-9-10-3-4-14(9)2/h3-7H,1-2H3,(H,10,13)(H,11,12). The van der Waals surface area contributed by atoms with Crippen molar-refractivity contribution in [1.82, 2.24) is 19.7 Å². The summed E-state index contributed by atoms with van der Waals surface area (Å²) in [4.78, 5) is 4.19. The number of imidazole rings is 1. The Labute approximate surface area is 82.2 Å². The first-order valence-corrected chi connectivity index (χ1v) is 4.50. The third-order valence-electron chi connectivity index (χ3n) is 2.19. The molecule has 0 bridgehead atoms. The molecule has 1 unspecified atom stereocenters. The molecular formula is C9H13N5. The number of anilines is 1. The summed E-state index contributed by atoms with van der Waals surface area (Å²) in [5, 5.41) is 9.97. The Balaban J connectivity index is 2.09. The molecule has 0 aromatic carbocycles.